The van der Waals surface area contributed by atoms with Crippen molar-refractivity contribution in [2.75, 3.05) is 20.3 Å². The molecule has 20 heavy (non-hydrogen) atoms. The number of nitrogens with zero attached hydrogens (tertiary/aromatic N) is 2. The van der Waals surface area contributed by atoms with Crippen LogP contribution in [0, 0.1) is 19.3 Å². The van der Waals surface area contributed by atoms with Gasteiger partial charge in [0.05, 0.1) is 11.4 Å². The first-order valence-electron chi connectivity index (χ1n) is 7.06. The normalized spacial score (nSPS) is 12.4. The van der Waals surface area contributed by atoms with Crippen LogP contribution in [0.3, 0.4) is 0 Å². The molecule has 0 saturated carbocycles. The number of imidazole rings is 1. The van der Waals surface area contributed by atoms with Crippen molar-refractivity contribution in [1.82, 2.24) is 14.7 Å². The van der Waals surface area contributed by atoms with E-state index >= 15 is 0 Å². The van der Waals surface area contributed by atoms with Crippen LogP contribution in [0.1, 0.15) is 37.4 Å². The number of ether oxygens (including phenoxy) is 1. The van der Waals surface area contributed by atoms with E-state index in [0.717, 1.165) is 36.8 Å². The minimum Gasteiger partial charge on any atom is -0.385 e. The van der Waals surface area contributed by atoms with E-state index in [1.165, 1.54) is 11.4 Å². The van der Waals surface area contributed by atoms with Crippen LogP contribution in [-0.4, -0.2) is 29.6 Å². The molecule has 5 heteroatoms. The molecule has 0 saturated heterocycles. The van der Waals surface area contributed by atoms with Crippen LogP contribution in [0.2, 0.25) is 0 Å². The van der Waals surface area contributed by atoms with Crippen molar-refractivity contribution in [3.05, 3.63) is 22.5 Å². The predicted octanol–water partition coefficient (Wildman–Crippen LogP) is 3.16. The molecule has 1 N–H and O–H groups in total. The topological polar surface area (TPSA) is 38.6 Å². The summed E-state index contributed by atoms with van der Waals surface area (Å²) in [7, 11) is 1.76. The summed E-state index contributed by atoms with van der Waals surface area (Å²) in [4.78, 5) is 5.71. The molecule has 0 radical (unpaired) electrons. The van der Waals surface area contributed by atoms with Crippen LogP contribution in [0.25, 0.3) is 4.96 Å². The highest BCUT2D eigenvalue weighted by molar-refractivity contribution is 7.15. The Morgan fingerprint density at radius 3 is 2.85 bits per heavy atom. The number of methoxy groups -OCH3 is 1. The smallest absolute Gasteiger partial charge is 0.194 e. The van der Waals surface area contributed by atoms with E-state index in [9.17, 15) is 0 Å². The molecule has 0 aliphatic rings. The van der Waals surface area contributed by atoms with E-state index in [1.807, 2.05) is 0 Å². The lowest BCUT2D eigenvalue weighted by Gasteiger charge is -2.24. The Hall–Kier alpha value is -0.910. The third kappa shape index (κ3) is 3.40. The summed E-state index contributed by atoms with van der Waals surface area (Å²) in [6.45, 7) is 11.4. The number of nitrogens with one attached hydrogen (secondary N) is 1. The maximum absolute atomic E-state index is 5.17. The van der Waals surface area contributed by atoms with E-state index in [-0.39, 0.29) is 5.41 Å². The van der Waals surface area contributed by atoms with Gasteiger partial charge in [-0.2, -0.15) is 0 Å². The van der Waals surface area contributed by atoms with Gasteiger partial charge in [0, 0.05) is 37.9 Å². The first-order chi connectivity index (χ1) is 9.44. The van der Waals surface area contributed by atoms with Gasteiger partial charge in [-0.3, -0.25) is 4.40 Å². The molecule has 2 heterocycles. The molecule has 0 spiro atoms. The number of thiazole rings is 1. The predicted molar refractivity (Wildman–Crippen MR) is 84.5 cm³/mol. The summed E-state index contributed by atoms with van der Waals surface area (Å²) >= 11 is 1.71. The van der Waals surface area contributed by atoms with Gasteiger partial charge in [0.2, 0.25) is 0 Å². The summed E-state index contributed by atoms with van der Waals surface area (Å²) in [6, 6.07) is 0. The molecule has 0 aromatic carbocycles. The zero-order chi connectivity index (χ0) is 14.8. The molecule has 2 rings (SSSR count). The van der Waals surface area contributed by atoms with E-state index in [2.05, 4.69) is 47.8 Å². The second-order valence-corrected chi connectivity index (χ2v) is 6.99. The Balaban J connectivity index is 1.99. The van der Waals surface area contributed by atoms with E-state index in [1.54, 1.807) is 18.4 Å². The van der Waals surface area contributed by atoms with Gasteiger partial charge < -0.3 is 10.1 Å². The second-order valence-electron chi connectivity index (χ2n) is 6.15. The Kier molecular flexibility index (Phi) is 4.83. The fourth-order valence-electron chi connectivity index (χ4n) is 2.36. The average molecular weight is 295 g/mol. The molecule has 2 aromatic rings. The molecule has 0 aliphatic heterocycles. The summed E-state index contributed by atoms with van der Waals surface area (Å²) in [6.07, 6.45) is 1.06. The molecule has 4 nitrogen and oxygen atoms in total. The number of hydrogen-bond acceptors (Lipinski definition) is 4. The average Bonchev–Trinajstić information content (AvgIpc) is 2.88. The number of aryl methyl sites for hydroxylation is 2. The highest BCUT2D eigenvalue weighted by atomic mass is 32.1. The van der Waals surface area contributed by atoms with Gasteiger partial charge in [-0.25, -0.2) is 4.98 Å². The van der Waals surface area contributed by atoms with Crippen molar-refractivity contribution in [2.24, 2.45) is 5.41 Å². The van der Waals surface area contributed by atoms with E-state index in [4.69, 9.17) is 4.74 Å². The third-order valence-electron chi connectivity index (χ3n) is 3.71. The van der Waals surface area contributed by atoms with Crippen molar-refractivity contribution >= 4 is 16.3 Å². The Morgan fingerprint density at radius 1 is 1.40 bits per heavy atom. The zero-order valence-electron chi connectivity index (χ0n) is 13.1. The SMILES string of the molecule is COCCC(C)(C)CNCc1c(C)nc2scc(C)n12. The van der Waals surface area contributed by atoms with Gasteiger partial charge in [-0.1, -0.05) is 13.8 Å². The van der Waals surface area contributed by atoms with Gasteiger partial charge in [0.1, 0.15) is 0 Å². The molecular weight excluding hydrogens is 270 g/mol. The first kappa shape index (κ1) is 15.5. The number of rotatable bonds is 7. The van der Waals surface area contributed by atoms with Gasteiger partial charge in [0.15, 0.2) is 4.96 Å². The molecule has 0 aliphatic carbocycles. The summed E-state index contributed by atoms with van der Waals surface area (Å²) in [5.41, 5.74) is 3.92. The summed E-state index contributed by atoms with van der Waals surface area (Å²) in [5, 5.41) is 5.74. The maximum atomic E-state index is 5.17. The molecule has 0 bridgehead atoms. The Bertz CT molecular complexity index is 571. The number of hydrogen-bond donors (Lipinski definition) is 1. The largest absolute Gasteiger partial charge is 0.385 e. The van der Waals surface area contributed by atoms with Crippen LogP contribution in [0.15, 0.2) is 5.38 Å². The summed E-state index contributed by atoms with van der Waals surface area (Å²) < 4.78 is 7.43. The summed E-state index contributed by atoms with van der Waals surface area (Å²) in [5.74, 6) is 0. The van der Waals surface area contributed by atoms with Crippen LogP contribution >= 0.6 is 11.3 Å². The van der Waals surface area contributed by atoms with Crippen molar-refractivity contribution in [3.63, 3.8) is 0 Å². The third-order valence-corrected chi connectivity index (χ3v) is 4.65. The van der Waals surface area contributed by atoms with Crippen LogP contribution < -0.4 is 5.32 Å². The quantitative estimate of drug-likeness (QED) is 0.852. The highest BCUT2D eigenvalue weighted by Gasteiger charge is 2.18. The molecule has 0 amide bonds. The fraction of sp³-hybridized carbons (Fsp3) is 0.667. The van der Waals surface area contributed by atoms with Crippen molar-refractivity contribution in [1.29, 1.82) is 0 Å². The molecule has 0 unspecified atom stereocenters. The van der Waals surface area contributed by atoms with Crippen LogP contribution in [0.4, 0.5) is 0 Å². The van der Waals surface area contributed by atoms with Gasteiger partial charge in [-0.05, 0) is 25.7 Å². The highest BCUT2D eigenvalue weighted by Crippen LogP contribution is 2.22. The van der Waals surface area contributed by atoms with Crippen LogP contribution in [-0.2, 0) is 11.3 Å². The molecule has 0 atom stereocenters. The molecule has 0 fully saturated rings. The van der Waals surface area contributed by atoms with Crippen molar-refractivity contribution in [3.8, 4) is 0 Å². The van der Waals surface area contributed by atoms with Gasteiger partial charge in [-0.15, -0.1) is 11.3 Å². The lowest BCUT2D eigenvalue weighted by atomic mass is 9.90. The Labute approximate surface area is 125 Å². The van der Waals surface area contributed by atoms with Crippen LogP contribution in [0.5, 0.6) is 0 Å². The minimum atomic E-state index is 0.247. The van der Waals surface area contributed by atoms with Crippen molar-refractivity contribution < 1.29 is 4.74 Å². The van der Waals surface area contributed by atoms with Crippen molar-refractivity contribution in [2.45, 2.75) is 40.7 Å². The van der Waals surface area contributed by atoms with E-state index in [0.29, 0.717) is 0 Å². The lowest BCUT2D eigenvalue weighted by molar-refractivity contribution is 0.150. The zero-order valence-corrected chi connectivity index (χ0v) is 13.9. The Morgan fingerprint density at radius 2 is 2.15 bits per heavy atom. The molecule has 2 aromatic heterocycles. The van der Waals surface area contributed by atoms with E-state index < -0.39 is 0 Å². The second kappa shape index (κ2) is 6.24. The maximum Gasteiger partial charge on any atom is 0.194 e. The molecular formula is C15H25N3OS. The standard InChI is InChI=1S/C15H25N3OS/c1-11-9-20-14-17-12(2)13(18(11)14)8-16-10-15(3,4)6-7-19-5/h9,16H,6-8,10H2,1-5H3. The lowest BCUT2D eigenvalue weighted by Crippen LogP contribution is -2.30. The molecule has 112 valence electrons. The number of fused-ring (bicyclic) bond motifs is 1. The fourth-order valence-corrected chi connectivity index (χ4v) is 3.29. The van der Waals surface area contributed by atoms with Gasteiger partial charge in [0.25, 0.3) is 0 Å². The monoisotopic (exact) mass is 295 g/mol. The van der Waals surface area contributed by atoms with Gasteiger partial charge >= 0.3 is 0 Å². The first-order valence-corrected chi connectivity index (χ1v) is 7.94. The minimum absolute atomic E-state index is 0.247. The number of aromatic nitrogens is 2.